The van der Waals surface area contributed by atoms with Gasteiger partial charge in [-0.2, -0.15) is 0 Å². The van der Waals surface area contributed by atoms with Gasteiger partial charge in [-0.05, 0) is 58.7 Å². The van der Waals surface area contributed by atoms with Crippen LogP contribution in [0.1, 0.15) is 16.1 Å². The Balaban J connectivity index is 1.68. The van der Waals surface area contributed by atoms with E-state index < -0.39 is 5.97 Å². The van der Waals surface area contributed by atoms with E-state index in [1.165, 1.54) is 5.56 Å². The zero-order valence-electron chi connectivity index (χ0n) is 14.8. The lowest BCUT2D eigenvalue weighted by Gasteiger charge is -2.13. The molecule has 1 aliphatic rings. The second-order valence-corrected chi connectivity index (χ2v) is 7.28. The third-order valence-electron chi connectivity index (χ3n) is 5.15. The maximum absolute atomic E-state index is 11.2. The van der Waals surface area contributed by atoms with Crippen molar-refractivity contribution in [1.29, 1.82) is 0 Å². The lowest BCUT2D eigenvalue weighted by atomic mass is 9.93. The van der Waals surface area contributed by atoms with Gasteiger partial charge >= 0.3 is 5.97 Å². The van der Waals surface area contributed by atoms with E-state index in [-0.39, 0.29) is 5.69 Å². The summed E-state index contributed by atoms with van der Waals surface area (Å²) in [7, 11) is 0. The van der Waals surface area contributed by atoms with Crippen LogP contribution in [0.25, 0.3) is 33.2 Å². The van der Waals surface area contributed by atoms with Gasteiger partial charge < -0.3 is 14.8 Å². The first kappa shape index (κ1) is 16.9. The largest absolute Gasteiger partial charge is 0.493 e. The number of benzene rings is 3. The lowest BCUT2D eigenvalue weighted by molar-refractivity contribution is 0.0691. The Morgan fingerprint density at radius 2 is 1.89 bits per heavy atom. The number of fused-ring (bicyclic) bond motifs is 2. The molecule has 2 N–H and O–H groups in total. The van der Waals surface area contributed by atoms with Crippen molar-refractivity contribution in [1.82, 2.24) is 4.98 Å². The van der Waals surface area contributed by atoms with Crippen molar-refractivity contribution < 1.29 is 14.6 Å². The molecule has 0 atom stereocenters. The topological polar surface area (TPSA) is 62.3 Å². The summed E-state index contributed by atoms with van der Waals surface area (Å²) in [5.41, 5.74) is 6.16. The van der Waals surface area contributed by atoms with E-state index in [1.807, 2.05) is 48.5 Å². The van der Waals surface area contributed by atoms with E-state index in [1.54, 1.807) is 6.07 Å². The molecule has 0 saturated heterocycles. The highest BCUT2D eigenvalue weighted by molar-refractivity contribution is 6.34. The molecule has 0 amide bonds. The summed E-state index contributed by atoms with van der Waals surface area (Å²) >= 11 is 6.61. The van der Waals surface area contributed by atoms with Crippen molar-refractivity contribution in [2.45, 2.75) is 6.42 Å². The predicted molar refractivity (Wildman–Crippen MR) is 110 cm³/mol. The number of ether oxygens (including phenoxy) is 1. The molecule has 0 saturated carbocycles. The number of aromatic carboxylic acids is 1. The van der Waals surface area contributed by atoms with Gasteiger partial charge in [-0.15, -0.1) is 0 Å². The number of carboxylic acids is 1. The average molecular weight is 390 g/mol. The van der Waals surface area contributed by atoms with Crippen molar-refractivity contribution in [2.75, 3.05) is 6.61 Å². The number of H-pyrrole nitrogens is 1. The van der Waals surface area contributed by atoms with Crippen LogP contribution in [0.3, 0.4) is 0 Å². The SMILES string of the molecule is O=C(O)c1cc2cc(-c3cccc(Cl)c3-c3ccc4c(c3)CCO4)ccc2[nH]1. The number of carbonyl (C=O) groups is 1. The van der Waals surface area contributed by atoms with Crippen LogP contribution in [-0.2, 0) is 6.42 Å². The first-order valence-electron chi connectivity index (χ1n) is 9.01. The molecular formula is C23H16ClNO3. The van der Waals surface area contributed by atoms with Crippen LogP contribution < -0.4 is 4.74 Å². The van der Waals surface area contributed by atoms with Crippen LogP contribution in [0.5, 0.6) is 5.75 Å². The number of aromatic amines is 1. The number of hydrogen-bond acceptors (Lipinski definition) is 2. The second-order valence-electron chi connectivity index (χ2n) is 6.87. The second kappa shape index (κ2) is 6.43. The van der Waals surface area contributed by atoms with Crippen molar-refractivity contribution in [3.8, 4) is 28.0 Å². The molecule has 0 fully saturated rings. The quantitative estimate of drug-likeness (QED) is 0.466. The van der Waals surface area contributed by atoms with Crippen LogP contribution in [0.4, 0.5) is 0 Å². The Labute approximate surface area is 166 Å². The highest BCUT2D eigenvalue weighted by Crippen LogP contribution is 2.40. The first-order valence-corrected chi connectivity index (χ1v) is 9.39. The number of aromatic nitrogens is 1. The Morgan fingerprint density at radius 3 is 2.75 bits per heavy atom. The molecule has 4 aromatic rings. The molecule has 0 unspecified atom stereocenters. The molecule has 3 aromatic carbocycles. The fraction of sp³-hybridized carbons (Fsp3) is 0.0870. The van der Waals surface area contributed by atoms with E-state index in [4.69, 9.17) is 16.3 Å². The zero-order valence-corrected chi connectivity index (χ0v) is 15.6. The van der Waals surface area contributed by atoms with Gasteiger partial charge in [0.05, 0.1) is 6.61 Å². The van der Waals surface area contributed by atoms with Crippen LogP contribution in [-0.4, -0.2) is 22.7 Å². The summed E-state index contributed by atoms with van der Waals surface area (Å²) in [6, 6.07) is 19.6. The Kier molecular flexibility index (Phi) is 3.88. The summed E-state index contributed by atoms with van der Waals surface area (Å²) < 4.78 is 5.62. The Hall–Kier alpha value is -3.24. The van der Waals surface area contributed by atoms with Gasteiger partial charge in [0.2, 0.25) is 0 Å². The molecule has 2 heterocycles. The van der Waals surface area contributed by atoms with E-state index in [2.05, 4.69) is 11.1 Å². The minimum atomic E-state index is -0.971. The fourth-order valence-corrected chi connectivity index (χ4v) is 4.10. The number of nitrogens with one attached hydrogen (secondary N) is 1. The molecule has 5 heteroatoms. The Morgan fingerprint density at radius 1 is 1.04 bits per heavy atom. The maximum atomic E-state index is 11.2. The normalized spacial score (nSPS) is 12.8. The van der Waals surface area contributed by atoms with Crippen LogP contribution in [0.15, 0.2) is 60.7 Å². The van der Waals surface area contributed by atoms with Crippen LogP contribution in [0.2, 0.25) is 5.02 Å². The molecular weight excluding hydrogens is 374 g/mol. The smallest absolute Gasteiger partial charge is 0.352 e. The van der Waals surface area contributed by atoms with Gasteiger partial charge in [0.15, 0.2) is 0 Å². The highest BCUT2D eigenvalue weighted by Gasteiger charge is 2.17. The first-order chi connectivity index (χ1) is 13.6. The van der Waals surface area contributed by atoms with Gasteiger partial charge in [-0.1, -0.05) is 35.9 Å². The molecule has 28 heavy (non-hydrogen) atoms. The van der Waals surface area contributed by atoms with Gasteiger partial charge in [0, 0.05) is 27.9 Å². The highest BCUT2D eigenvalue weighted by atomic mass is 35.5. The van der Waals surface area contributed by atoms with Gasteiger partial charge in [-0.25, -0.2) is 4.79 Å². The van der Waals surface area contributed by atoms with E-state index >= 15 is 0 Å². The maximum Gasteiger partial charge on any atom is 0.352 e. The van der Waals surface area contributed by atoms with Crippen LogP contribution >= 0.6 is 11.6 Å². The van der Waals surface area contributed by atoms with E-state index in [0.29, 0.717) is 11.6 Å². The lowest BCUT2D eigenvalue weighted by Crippen LogP contribution is -1.94. The Bertz CT molecular complexity index is 1240. The van der Waals surface area contributed by atoms with Gasteiger partial charge in [0.25, 0.3) is 0 Å². The number of carboxylic acid groups (broad SMARTS) is 1. The molecule has 4 nitrogen and oxygen atoms in total. The van der Waals surface area contributed by atoms with Gasteiger partial charge in [0.1, 0.15) is 11.4 Å². The van der Waals surface area contributed by atoms with Crippen molar-refractivity contribution in [2.24, 2.45) is 0 Å². The summed E-state index contributed by atoms with van der Waals surface area (Å²) in [5, 5.41) is 10.7. The third kappa shape index (κ3) is 2.74. The van der Waals surface area contributed by atoms with E-state index in [9.17, 15) is 9.90 Å². The fourth-order valence-electron chi connectivity index (χ4n) is 3.82. The van der Waals surface area contributed by atoms with Crippen LogP contribution in [0, 0.1) is 0 Å². The molecule has 138 valence electrons. The van der Waals surface area contributed by atoms with E-state index in [0.717, 1.165) is 45.3 Å². The minimum absolute atomic E-state index is 0.178. The standard InChI is InChI=1S/C23H16ClNO3/c24-18-3-1-2-17(22(18)15-5-7-21-14(11-15)8-9-28-21)13-4-6-19-16(10-13)12-20(25-19)23(26)27/h1-7,10-12,25H,8-9H2,(H,26,27). The van der Waals surface area contributed by atoms with Gasteiger partial charge in [-0.3, -0.25) is 0 Å². The number of halogens is 1. The molecule has 1 aromatic heterocycles. The number of rotatable bonds is 3. The number of hydrogen-bond donors (Lipinski definition) is 2. The summed E-state index contributed by atoms with van der Waals surface area (Å²) in [4.78, 5) is 14.2. The monoisotopic (exact) mass is 389 g/mol. The van der Waals surface area contributed by atoms with Crippen molar-refractivity contribution >= 4 is 28.5 Å². The molecule has 5 rings (SSSR count). The van der Waals surface area contributed by atoms with Crippen molar-refractivity contribution in [3.05, 3.63) is 76.9 Å². The minimum Gasteiger partial charge on any atom is -0.493 e. The predicted octanol–water partition coefficient (Wildman–Crippen LogP) is 5.79. The molecule has 0 radical (unpaired) electrons. The third-order valence-corrected chi connectivity index (χ3v) is 5.47. The molecule has 1 aliphatic heterocycles. The average Bonchev–Trinajstić information content (AvgIpc) is 3.33. The van der Waals surface area contributed by atoms with Crippen molar-refractivity contribution in [3.63, 3.8) is 0 Å². The summed E-state index contributed by atoms with van der Waals surface area (Å²) in [5.74, 6) is -0.0335. The molecule has 0 spiro atoms. The summed E-state index contributed by atoms with van der Waals surface area (Å²) in [6.45, 7) is 0.713. The molecule has 0 aliphatic carbocycles. The zero-order chi connectivity index (χ0) is 19.3. The summed E-state index contributed by atoms with van der Waals surface area (Å²) in [6.07, 6.45) is 0.899. The molecule has 0 bridgehead atoms.